The summed E-state index contributed by atoms with van der Waals surface area (Å²) in [6.07, 6.45) is 30.6. The lowest BCUT2D eigenvalue weighted by Gasteiger charge is -2.43. The molecule has 8 heterocycles. The molecule has 8 saturated heterocycles. The van der Waals surface area contributed by atoms with Crippen LogP contribution in [-0.2, 0) is 0 Å². The summed E-state index contributed by atoms with van der Waals surface area (Å²) in [4.78, 5) is 14.8. The number of hydrogen-bond donors (Lipinski definition) is 0. The van der Waals surface area contributed by atoms with E-state index in [-0.39, 0.29) is 0 Å². The zero-order valence-electron chi connectivity index (χ0n) is 32.7. The largest absolute Gasteiger partial charge is 0.306 e. The van der Waals surface area contributed by atoms with Crippen molar-refractivity contribution in [3.63, 3.8) is 0 Å². The molecule has 4 unspecified atom stereocenters. The zero-order chi connectivity index (χ0) is 33.4. The van der Waals surface area contributed by atoms with E-state index in [2.05, 4.69) is 71.7 Å². The van der Waals surface area contributed by atoms with E-state index in [4.69, 9.17) is 0 Å². The first-order chi connectivity index (χ1) is 22.8. The molecule has 8 aliphatic heterocycles. The van der Waals surface area contributed by atoms with Gasteiger partial charge < -0.3 is 29.4 Å². The van der Waals surface area contributed by atoms with Crippen molar-refractivity contribution in [2.45, 2.75) is 159 Å². The lowest BCUT2D eigenvalue weighted by Crippen LogP contribution is -2.45. The molecular weight excluding hydrogens is 576 g/mol. The zero-order valence-corrected chi connectivity index (χ0v) is 32.7. The number of likely N-dealkylation sites (tertiary alicyclic amines) is 4. The molecule has 0 radical (unpaired) electrons. The number of hydrogen-bond acceptors (Lipinski definition) is 6. The maximum Gasteiger partial charge on any atom is 0.00957 e. The highest BCUT2D eigenvalue weighted by Crippen LogP contribution is 2.36. The monoisotopic (exact) mass is 659 g/mol. The second-order valence-electron chi connectivity index (χ2n) is 17.5. The highest BCUT2D eigenvalue weighted by Gasteiger charge is 2.35. The van der Waals surface area contributed by atoms with E-state index in [9.17, 15) is 0 Å². The molecular formula is C41H82N6. The molecule has 6 heteroatoms. The number of piperidine rings is 5. The van der Waals surface area contributed by atoms with Crippen LogP contribution < -0.4 is 0 Å². The van der Waals surface area contributed by atoms with Crippen LogP contribution in [0.2, 0.25) is 0 Å². The average molecular weight is 659 g/mol. The summed E-state index contributed by atoms with van der Waals surface area (Å²) in [5, 5.41) is 0. The highest BCUT2D eigenvalue weighted by molar-refractivity contribution is 4.90. The van der Waals surface area contributed by atoms with Crippen LogP contribution in [0.3, 0.4) is 0 Å². The summed E-state index contributed by atoms with van der Waals surface area (Å²) in [5.41, 5.74) is 0. The van der Waals surface area contributed by atoms with E-state index in [1.807, 2.05) is 0 Å². The average Bonchev–Trinajstić information content (AvgIpc) is 3.82. The number of fused-ring (bicyclic) bond motifs is 7. The normalized spacial score (nSPS) is 35.9. The fraction of sp³-hybridized carbons (Fsp3) is 1.00. The van der Waals surface area contributed by atoms with Crippen molar-refractivity contribution >= 4 is 0 Å². The lowest BCUT2D eigenvalue weighted by molar-refractivity contribution is 0.0727. The smallest absolute Gasteiger partial charge is 0.00957 e. The van der Waals surface area contributed by atoms with E-state index >= 15 is 0 Å². The van der Waals surface area contributed by atoms with E-state index in [0.717, 1.165) is 36.0 Å². The van der Waals surface area contributed by atoms with Gasteiger partial charge in [0, 0.05) is 37.3 Å². The standard InChI is InChI=1S/2C8H15N.C7H13N.C7H15N.C6H13N.C5H11N/c1-9-6-7-2-4-8(9)5-3-7;1-9-7-3-2-4-8(9)6-5-7;1-8-5-6-2-3-7(8)4-6;1-8-6-4-2-3-5-7-8;1-7-5-3-2-4-6-7;1-6-4-2-3-5-6/h2*7-8H,2-6H2,1H3;6-7H,2-5H2,1H3;2-7H2,1H3;2-6H2,1H3;2-5H2,1H3. The van der Waals surface area contributed by atoms with E-state index < -0.39 is 0 Å². The third-order valence-corrected chi connectivity index (χ3v) is 13.5. The Balaban J connectivity index is 0.000000128. The Morgan fingerprint density at radius 1 is 0.319 bits per heavy atom. The molecule has 10 rings (SSSR count). The van der Waals surface area contributed by atoms with Crippen molar-refractivity contribution in [3.05, 3.63) is 0 Å². The van der Waals surface area contributed by atoms with Crippen molar-refractivity contribution in [2.75, 3.05) is 94.6 Å². The third kappa shape index (κ3) is 14.5. The maximum absolute atomic E-state index is 2.59. The molecule has 0 aromatic heterocycles. The first kappa shape index (κ1) is 39.5. The summed E-state index contributed by atoms with van der Waals surface area (Å²) in [7, 11) is 13.4. The molecule has 0 aromatic carbocycles. The van der Waals surface area contributed by atoms with Crippen LogP contribution in [0.15, 0.2) is 0 Å². The van der Waals surface area contributed by atoms with Gasteiger partial charge in [-0.15, -0.1) is 0 Å². The van der Waals surface area contributed by atoms with Gasteiger partial charge in [0.1, 0.15) is 0 Å². The van der Waals surface area contributed by atoms with Crippen molar-refractivity contribution in [1.29, 1.82) is 0 Å². The minimum atomic E-state index is 0.954. The molecule has 0 aromatic rings. The van der Waals surface area contributed by atoms with Crippen molar-refractivity contribution in [3.8, 4) is 0 Å². The molecule has 4 atom stereocenters. The van der Waals surface area contributed by atoms with Crippen LogP contribution in [0, 0.1) is 11.8 Å². The summed E-state index contributed by atoms with van der Waals surface area (Å²) < 4.78 is 0. The molecule has 0 spiro atoms. The Hall–Kier alpha value is -0.240. The van der Waals surface area contributed by atoms with Gasteiger partial charge in [-0.05, 0) is 203 Å². The predicted molar refractivity (Wildman–Crippen MR) is 205 cm³/mol. The fourth-order valence-electron chi connectivity index (χ4n) is 10.0. The van der Waals surface area contributed by atoms with Crippen molar-refractivity contribution in [1.82, 2.24) is 29.4 Å². The SMILES string of the molecule is CN1C2CCCC1CC2.CN1CC2CCC1C2.CN1CC2CCC1CC2.CN1CCCC1.CN1CCCCC1.CN1CCCCCC1. The first-order valence-corrected chi connectivity index (χ1v) is 21.0. The van der Waals surface area contributed by atoms with Gasteiger partial charge in [0.05, 0.1) is 0 Å². The van der Waals surface area contributed by atoms with Crippen LogP contribution in [0.25, 0.3) is 0 Å². The van der Waals surface area contributed by atoms with Gasteiger partial charge in [-0.1, -0.05) is 25.7 Å². The fourth-order valence-corrected chi connectivity index (χ4v) is 10.0. The van der Waals surface area contributed by atoms with Gasteiger partial charge in [-0.2, -0.15) is 0 Å². The minimum Gasteiger partial charge on any atom is -0.306 e. The molecule has 6 nitrogen and oxygen atoms in total. The predicted octanol–water partition coefficient (Wildman–Crippen LogP) is 7.53. The topological polar surface area (TPSA) is 19.4 Å². The summed E-state index contributed by atoms with van der Waals surface area (Å²) in [5.74, 6) is 2.13. The Kier molecular flexibility index (Phi) is 18.4. The summed E-state index contributed by atoms with van der Waals surface area (Å²) in [6.45, 7) is 10.7. The van der Waals surface area contributed by atoms with Crippen LogP contribution in [-0.4, -0.2) is 148 Å². The highest BCUT2D eigenvalue weighted by atomic mass is 15.2. The van der Waals surface area contributed by atoms with Gasteiger partial charge in [0.25, 0.3) is 0 Å². The molecule has 0 amide bonds. The van der Waals surface area contributed by atoms with E-state index in [1.54, 1.807) is 0 Å². The van der Waals surface area contributed by atoms with Crippen LogP contribution in [0.1, 0.15) is 135 Å². The second kappa shape index (κ2) is 21.9. The van der Waals surface area contributed by atoms with Gasteiger partial charge in [0.2, 0.25) is 0 Å². The molecule has 47 heavy (non-hydrogen) atoms. The Bertz CT molecular complexity index is 760. The van der Waals surface area contributed by atoms with Gasteiger partial charge in [0.15, 0.2) is 0 Å². The summed E-state index contributed by atoms with van der Waals surface area (Å²) >= 11 is 0. The van der Waals surface area contributed by atoms with Gasteiger partial charge >= 0.3 is 0 Å². The quantitative estimate of drug-likeness (QED) is 0.266. The molecule has 0 N–H and O–H groups in total. The first-order valence-electron chi connectivity index (χ1n) is 21.0. The third-order valence-electron chi connectivity index (χ3n) is 13.5. The van der Waals surface area contributed by atoms with Crippen LogP contribution >= 0.6 is 0 Å². The summed E-state index contributed by atoms with van der Waals surface area (Å²) in [6, 6.07) is 3.85. The van der Waals surface area contributed by atoms with Gasteiger partial charge in [-0.25, -0.2) is 0 Å². The molecule has 6 bridgehead atoms. The van der Waals surface area contributed by atoms with E-state index in [0.29, 0.717) is 0 Å². The maximum atomic E-state index is 2.59. The van der Waals surface area contributed by atoms with Crippen molar-refractivity contribution in [2.24, 2.45) is 11.8 Å². The Labute approximate surface area is 294 Å². The minimum absolute atomic E-state index is 0.954. The molecule has 276 valence electrons. The molecule has 10 fully saturated rings. The van der Waals surface area contributed by atoms with Crippen LogP contribution in [0.5, 0.6) is 0 Å². The Morgan fingerprint density at radius 2 is 0.681 bits per heavy atom. The van der Waals surface area contributed by atoms with Gasteiger partial charge in [-0.3, -0.25) is 0 Å². The number of nitrogens with zero attached hydrogens (tertiary/aromatic N) is 6. The number of rotatable bonds is 0. The Morgan fingerprint density at radius 3 is 0.957 bits per heavy atom. The molecule has 10 aliphatic rings. The molecule has 2 saturated carbocycles. The van der Waals surface area contributed by atoms with Crippen molar-refractivity contribution < 1.29 is 0 Å². The second-order valence-corrected chi connectivity index (χ2v) is 17.5. The molecule has 2 aliphatic carbocycles. The lowest BCUT2D eigenvalue weighted by atomic mass is 9.80. The van der Waals surface area contributed by atoms with E-state index in [1.165, 1.54) is 187 Å². The van der Waals surface area contributed by atoms with Crippen LogP contribution in [0.4, 0.5) is 0 Å².